The molecule has 4 N–H and O–H groups in total. The average Bonchev–Trinajstić information content (AvgIpc) is 2.92. The van der Waals surface area contributed by atoms with Crippen LogP contribution in [0.15, 0.2) is 16.6 Å². The molecule has 3 atom stereocenters. The first-order valence-corrected chi connectivity index (χ1v) is 7.52. The molecule has 1 aliphatic heterocycles. The molecule has 0 spiro atoms. The second-order valence-corrected chi connectivity index (χ2v) is 5.99. The van der Waals surface area contributed by atoms with Crippen molar-refractivity contribution < 1.29 is 14.6 Å². The lowest BCUT2D eigenvalue weighted by Gasteiger charge is -2.26. The van der Waals surface area contributed by atoms with Crippen LogP contribution in [0, 0.1) is 5.92 Å². The molecule has 0 amide bonds. The van der Waals surface area contributed by atoms with E-state index in [2.05, 4.69) is 21.2 Å². The number of fused-ring (bicyclic) bond motifs is 1. The molecule has 6 heteroatoms. The first kappa shape index (κ1) is 15.6. The lowest BCUT2D eigenvalue weighted by Crippen LogP contribution is -2.39. The number of ether oxygens (including phenoxy) is 2. The molecule has 5 nitrogen and oxygen atoms in total. The van der Waals surface area contributed by atoms with E-state index in [0.29, 0.717) is 6.54 Å². The molecule has 0 aliphatic carbocycles. The van der Waals surface area contributed by atoms with Gasteiger partial charge in [0.1, 0.15) is 0 Å². The molecule has 0 saturated heterocycles. The lowest BCUT2D eigenvalue weighted by molar-refractivity contribution is 0.173. The number of benzene rings is 1. The van der Waals surface area contributed by atoms with Crippen LogP contribution < -0.4 is 20.5 Å². The largest absolute Gasteiger partial charge is 0.454 e. The van der Waals surface area contributed by atoms with Crippen LogP contribution in [0.25, 0.3) is 0 Å². The van der Waals surface area contributed by atoms with Gasteiger partial charge in [-0.2, -0.15) is 0 Å². The highest BCUT2D eigenvalue weighted by atomic mass is 79.9. The summed E-state index contributed by atoms with van der Waals surface area (Å²) in [4.78, 5) is 0. The zero-order valence-electron chi connectivity index (χ0n) is 11.7. The summed E-state index contributed by atoms with van der Waals surface area (Å²) in [5.74, 6) is 1.64. The Kier molecular flexibility index (Phi) is 5.26. The molecule has 20 heavy (non-hydrogen) atoms. The summed E-state index contributed by atoms with van der Waals surface area (Å²) >= 11 is 3.49. The predicted octanol–water partition coefficient (Wildman–Crippen LogP) is 1.78. The predicted molar refractivity (Wildman–Crippen MR) is 80.9 cm³/mol. The molecule has 2 rings (SSSR count). The van der Waals surface area contributed by atoms with Crippen molar-refractivity contribution in [3.05, 3.63) is 22.2 Å². The smallest absolute Gasteiger partial charge is 0.231 e. The fraction of sp³-hybridized carbons (Fsp3) is 0.571. The van der Waals surface area contributed by atoms with Gasteiger partial charge in [-0.05, 0) is 46.5 Å². The van der Waals surface area contributed by atoms with E-state index in [0.717, 1.165) is 21.5 Å². The topological polar surface area (TPSA) is 76.7 Å². The van der Waals surface area contributed by atoms with Gasteiger partial charge in [-0.1, -0.05) is 6.92 Å². The number of hydrogen-bond acceptors (Lipinski definition) is 5. The van der Waals surface area contributed by atoms with Gasteiger partial charge in [0.15, 0.2) is 11.5 Å². The Hall–Kier alpha value is -0.820. The molecule has 1 aromatic rings. The number of nitrogens with two attached hydrogens (primary N) is 1. The summed E-state index contributed by atoms with van der Waals surface area (Å²) in [5, 5.41) is 12.7. The maximum absolute atomic E-state index is 9.22. The molecule has 1 aliphatic rings. The van der Waals surface area contributed by atoms with Crippen molar-refractivity contribution in [2.24, 2.45) is 11.7 Å². The number of aliphatic hydroxyl groups is 1. The van der Waals surface area contributed by atoms with Gasteiger partial charge in [-0.25, -0.2) is 0 Å². The van der Waals surface area contributed by atoms with Gasteiger partial charge in [0.05, 0.1) is 4.47 Å². The standard InChI is InChI=1S/C14H21BrN2O3/c1-8(6-18)9(2)17-12(5-16)10-3-11(15)14-13(4-10)19-7-20-14/h3-4,8-9,12,17-18H,5-7,16H2,1-2H3. The summed E-state index contributed by atoms with van der Waals surface area (Å²) < 4.78 is 11.7. The Balaban J connectivity index is 2.18. The second-order valence-electron chi connectivity index (χ2n) is 5.14. The maximum atomic E-state index is 9.22. The van der Waals surface area contributed by atoms with Crippen molar-refractivity contribution in [3.8, 4) is 11.5 Å². The van der Waals surface area contributed by atoms with Crippen LogP contribution >= 0.6 is 15.9 Å². The normalized spacial score (nSPS) is 17.9. The summed E-state index contributed by atoms with van der Waals surface area (Å²) in [6.07, 6.45) is 0. The SMILES string of the molecule is CC(CO)C(C)NC(CN)c1cc(Br)c2c(c1)OCO2. The molecular formula is C14H21BrN2O3. The van der Waals surface area contributed by atoms with Crippen LogP contribution in [0.2, 0.25) is 0 Å². The molecule has 3 unspecified atom stereocenters. The molecule has 1 heterocycles. The zero-order valence-corrected chi connectivity index (χ0v) is 13.3. The van der Waals surface area contributed by atoms with E-state index in [1.165, 1.54) is 0 Å². The highest BCUT2D eigenvalue weighted by Crippen LogP contribution is 2.41. The number of hydrogen-bond donors (Lipinski definition) is 3. The lowest BCUT2D eigenvalue weighted by atomic mass is 10.0. The maximum Gasteiger partial charge on any atom is 0.231 e. The average molecular weight is 345 g/mol. The van der Waals surface area contributed by atoms with Crippen molar-refractivity contribution in [1.82, 2.24) is 5.32 Å². The molecule has 0 fully saturated rings. The summed E-state index contributed by atoms with van der Waals surface area (Å²) in [6, 6.07) is 4.12. The minimum absolute atomic E-state index is 0.00444. The third kappa shape index (κ3) is 3.25. The van der Waals surface area contributed by atoms with Crippen LogP contribution in [-0.2, 0) is 0 Å². The molecular weight excluding hydrogens is 324 g/mol. The fourth-order valence-electron chi connectivity index (χ4n) is 2.13. The first-order valence-electron chi connectivity index (χ1n) is 6.72. The van der Waals surface area contributed by atoms with Crippen LogP contribution in [-0.4, -0.2) is 31.1 Å². The van der Waals surface area contributed by atoms with Gasteiger partial charge in [0.2, 0.25) is 6.79 Å². The van der Waals surface area contributed by atoms with E-state index < -0.39 is 0 Å². The number of rotatable bonds is 6. The van der Waals surface area contributed by atoms with Crippen molar-refractivity contribution in [2.45, 2.75) is 25.9 Å². The second kappa shape index (κ2) is 6.76. The van der Waals surface area contributed by atoms with Crippen LogP contribution in [0.3, 0.4) is 0 Å². The Morgan fingerprint density at radius 1 is 1.40 bits per heavy atom. The Labute approximate surface area is 127 Å². The quantitative estimate of drug-likeness (QED) is 0.733. The molecule has 0 radical (unpaired) electrons. The first-order chi connectivity index (χ1) is 9.56. The Bertz CT molecular complexity index is 470. The van der Waals surface area contributed by atoms with E-state index in [9.17, 15) is 5.11 Å². The van der Waals surface area contributed by atoms with E-state index in [1.54, 1.807) is 0 Å². The molecule has 0 saturated carbocycles. The Morgan fingerprint density at radius 3 is 2.80 bits per heavy atom. The monoisotopic (exact) mass is 344 g/mol. The van der Waals surface area contributed by atoms with E-state index in [-0.39, 0.29) is 31.4 Å². The van der Waals surface area contributed by atoms with Crippen LogP contribution in [0.4, 0.5) is 0 Å². The number of aliphatic hydroxyl groups excluding tert-OH is 1. The van der Waals surface area contributed by atoms with Crippen LogP contribution in [0.5, 0.6) is 11.5 Å². The summed E-state index contributed by atoms with van der Waals surface area (Å²) in [7, 11) is 0. The minimum Gasteiger partial charge on any atom is -0.454 e. The van der Waals surface area contributed by atoms with Gasteiger partial charge in [-0.3, -0.25) is 0 Å². The van der Waals surface area contributed by atoms with E-state index in [1.807, 2.05) is 26.0 Å². The van der Waals surface area contributed by atoms with Crippen molar-refractivity contribution in [3.63, 3.8) is 0 Å². The van der Waals surface area contributed by atoms with Crippen LogP contribution in [0.1, 0.15) is 25.5 Å². The molecule has 0 bridgehead atoms. The van der Waals surface area contributed by atoms with Gasteiger partial charge < -0.3 is 25.6 Å². The van der Waals surface area contributed by atoms with Crippen molar-refractivity contribution in [2.75, 3.05) is 19.9 Å². The number of halogens is 1. The van der Waals surface area contributed by atoms with E-state index in [4.69, 9.17) is 15.2 Å². The summed E-state index contributed by atoms with van der Waals surface area (Å²) in [5.41, 5.74) is 6.92. The zero-order chi connectivity index (χ0) is 14.7. The van der Waals surface area contributed by atoms with Gasteiger partial charge in [0.25, 0.3) is 0 Å². The van der Waals surface area contributed by atoms with Gasteiger partial charge >= 0.3 is 0 Å². The summed E-state index contributed by atoms with van der Waals surface area (Å²) in [6.45, 7) is 4.91. The third-order valence-electron chi connectivity index (χ3n) is 3.69. The minimum atomic E-state index is 0.00444. The van der Waals surface area contributed by atoms with Gasteiger partial charge in [0, 0.05) is 25.2 Å². The Morgan fingerprint density at radius 2 is 2.15 bits per heavy atom. The van der Waals surface area contributed by atoms with Crippen molar-refractivity contribution in [1.29, 1.82) is 0 Å². The highest BCUT2D eigenvalue weighted by Gasteiger charge is 2.22. The fourth-order valence-corrected chi connectivity index (χ4v) is 2.70. The van der Waals surface area contributed by atoms with Crippen molar-refractivity contribution >= 4 is 15.9 Å². The molecule has 0 aromatic heterocycles. The molecule has 112 valence electrons. The highest BCUT2D eigenvalue weighted by molar-refractivity contribution is 9.10. The van der Waals surface area contributed by atoms with Gasteiger partial charge in [-0.15, -0.1) is 0 Å². The third-order valence-corrected chi connectivity index (χ3v) is 4.28. The molecule has 1 aromatic carbocycles. The number of nitrogens with one attached hydrogen (secondary N) is 1. The van der Waals surface area contributed by atoms with E-state index >= 15 is 0 Å².